The second-order valence-electron chi connectivity index (χ2n) is 4.77. The topological polar surface area (TPSA) is 106 Å². The van der Waals surface area contributed by atoms with Gasteiger partial charge in [-0.05, 0) is 12.1 Å². The van der Waals surface area contributed by atoms with Gasteiger partial charge in [-0.2, -0.15) is 4.31 Å². The number of rotatable bonds is 1. The number of fused-ring (bicyclic) bond motifs is 2. The summed E-state index contributed by atoms with van der Waals surface area (Å²) in [7, 11) is -7.15. The van der Waals surface area contributed by atoms with Crippen LogP contribution in [0.2, 0.25) is 0 Å². The summed E-state index contributed by atoms with van der Waals surface area (Å²) in [6.45, 7) is 0.152. The molecular weight excluding hydrogens is 306 g/mol. The second kappa shape index (κ2) is 4.38. The van der Waals surface area contributed by atoms with E-state index in [0.717, 1.165) is 6.26 Å². The number of pyridine rings is 1. The van der Waals surface area contributed by atoms with Crippen molar-refractivity contribution in [3.05, 3.63) is 18.3 Å². The Hall–Kier alpha value is -1.23. The number of nitrogens with zero attached hydrogens (tertiary/aromatic N) is 2. The third kappa shape index (κ3) is 2.28. The van der Waals surface area contributed by atoms with Gasteiger partial charge in [0.15, 0.2) is 0 Å². The molecule has 0 aromatic carbocycles. The maximum Gasteiger partial charge on any atom is 0.246 e. The van der Waals surface area contributed by atoms with E-state index in [4.69, 9.17) is 4.74 Å². The molecule has 0 aliphatic carbocycles. The first kappa shape index (κ1) is 13.7. The first-order valence-corrected chi connectivity index (χ1v) is 9.20. The van der Waals surface area contributed by atoms with Crippen molar-refractivity contribution in [2.45, 2.75) is 17.0 Å². The molecule has 0 amide bonds. The SMILES string of the molecule is CS(=O)(=O)N1CC2NS(=O)(=O)c3cccnc3OC2C1. The molecule has 3 rings (SSSR count). The Balaban J connectivity index is 2.00. The minimum Gasteiger partial charge on any atom is -0.470 e. The zero-order valence-electron chi connectivity index (χ0n) is 10.6. The number of aromatic nitrogens is 1. The van der Waals surface area contributed by atoms with E-state index in [9.17, 15) is 16.8 Å². The first-order chi connectivity index (χ1) is 9.27. The van der Waals surface area contributed by atoms with Crippen LogP contribution in [-0.2, 0) is 20.0 Å². The Bertz CT molecular complexity index is 746. The van der Waals surface area contributed by atoms with Gasteiger partial charge in [-0.3, -0.25) is 0 Å². The Labute approximate surface area is 116 Å². The summed E-state index contributed by atoms with van der Waals surface area (Å²) < 4.78 is 56.7. The van der Waals surface area contributed by atoms with Gasteiger partial charge in [0.2, 0.25) is 25.9 Å². The molecule has 0 radical (unpaired) electrons. The van der Waals surface area contributed by atoms with Crippen LogP contribution in [0.3, 0.4) is 0 Å². The van der Waals surface area contributed by atoms with Gasteiger partial charge in [0, 0.05) is 12.7 Å². The summed E-state index contributed by atoms with van der Waals surface area (Å²) in [4.78, 5) is 3.89. The van der Waals surface area contributed by atoms with Crippen LogP contribution in [0, 0.1) is 0 Å². The predicted molar refractivity (Wildman–Crippen MR) is 69.2 cm³/mol. The highest BCUT2D eigenvalue weighted by Crippen LogP contribution is 2.29. The summed E-state index contributed by atoms with van der Waals surface area (Å²) in [6.07, 6.45) is 1.92. The zero-order chi connectivity index (χ0) is 14.5. The van der Waals surface area contributed by atoms with Gasteiger partial charge in [0.1, 0.15) is 11.0 Å². The molecule has 2 atom stereocenters. The zero-order valence-corrected chi connectivity index (χ0v) is 12.2. The van der Waals surface area contributed by atoms with Gasteiger partial charge in [-0.1, -0.05) is 0 Å². The quantitative estimate of drug-likeness (QED) is 0.694. The maximum absolute atomic E-state index is 12.2. The van der Waals surface area contributed by atoms with Crippen LogP contribution in [0.15, 0.2) is 23.2 Å². The van der Waals surface area contributed by atoms with Crippen LogP contribution in [0.4, 0.5) is 0 Å². The van der Waals surface area contributed by atoms with E-state index in [2.05, 4.69) is 9.71 Å². The molecule has 1 aromatic rings. The Morgan fingerprint density at radius 3 is 2.90 bits per heavy atom. The van der Waals surface area contributed by atoms with Crippen LogP contribution in [0.25, 0.3) is 0 Å². The molecule has 1 saturated heterocycles. The molecule has 1 aromatic heterocycles. The van der Waals surface area contributed by atoms with Gasteiger partial charge in [0.25, 0.3) is 0 Å². The lowest BCUT2D eigenvalue weighted by atomic mass is 10.2. The van der Waals surface area contributed by atoms with Crippen LogP contribution >= 0.6 is 0 Å². The molecule has 10 heteroatoms. The van der Waals surface area contributed by atoms with Crippen molar-refractivity contribution in [3.63, 3.8) is 0 Å². The maximum atomic E-state index is 12.2. The Kier molecular flexibility index (Phi) is 3.01. The van der Waals surface area contributed by atoms with E-state index in [-0.39, 0.29) is 23.9 Å². The minimum absolute atomic E-state index is 0.00264. The van der Waals surface area contributed by atoms with Gasteiger partial charge in [-0.25, -0.2) is 26.5 Å². The lowest BCUT2D eigenvalue weighted by Gasteiger charge is -2.14. The largest absolute Gasteiger partial charge is 0.470 e. The van der Waals surface area contributed by atoms with Gasteiger partial charge < -0.3 is 4.74 Å². The molecule has 0 spiro atoms. The van der Waals surface area contributed by atoms with Crippen molar-refractivity contribution in [2.75, 3.05) is 19.3 Å². The third-order valence-corrected chi connectivity index (χ3v) is 6.04. The number of nitrogens with one attached hydrogen (secondary N) is 1. The average Bonchev–Trinajstić information content (AvgIpc) is 2.68. The van der Waals surface area contributed by atoms with Crippen LogP contribution < -0.4 is 9.46 Å². The van der Waals surface area contributed by atoms with Crippen molar-refractivity contribution in [3.8, 4) is 5.88 Å². The number of sulfonamides is 2. The number of hydrogen-bond acceptors (Lipinski definition) is 6. The standard InChI is InChI=1S/C10H13N3O5S2/c1-19(14,15)13-5-7-8(6-13)18-10-9(3-2-4-11-10)20(16,17)12-7/h2-4,7-8,12H,5-6H2,1H3. The summed E-state index contributed by atoms with van der Waals surface area (Å²) in [5.41, 5.74) is 0. The normalized spacial score (nSPS) is 29.1. The number of hydrogen-bond donors (Lipinski definition) is 1. The molecule has 3 heterocycles. The minimum atomic E-state index is -3.76. The van der Waals surface area contributed by atoms with Gasteiger partial charge >= 0.3 is 0 Å². The van der Waals surface area contributed by atoms with Crippen molar-refractivity contribution >= 4 is 20.0 Å². The Morgan fingerprint density at radius 1 is 1.45 bits per heavy atom. The fraction of sp³-hybridized carbons (Fsp3) is 0.500. The molecule has 0 saturated carbocycles. The molecule has 2 aliphatic heterocycles. The fourth-order valence-corrected chi connectivity index (χ4v) is 4.51. The first-order valence-electron chi connectivity index (χ1n) is 5.86. The van der Waals surface area contributed by atoms with Crippen LogP contribution in [0.1, 0.15) is 0 Å². The van der Waals surface area contributed by atoms with E-state index in [0.29, 0.717) is 0 Å². The van der Waals surface area contributed by atoms with E-state index < -0.39 is 32.2 Å². The third-order valence-electron chi connectivity index (χ3n) is 3.30. The molecule has 2 aliphatic rings. The van der Waals surface area contributed by atoms with Crippen molar-refractivity contribution in [2.24, 2.45) is 0 Å². The molecule has 1 N–H and O–H groups in total. The molecule has 1 fully saturated rings. The lowest BCUT2D eigenvalue weighted by molar-refractivity contribution is 0.186. The lowest BCUT2D eigenvalue weighted by Crippen LogP contribution is -2.42. The summed E-state index contributed by atoms with van der Waals surface area (Å²) in [5, 5.41) is 0. The summed E-state index contributed by atoms with van der Waals surface area (Å²) >= 11 is 0. The molecule has 2 unspecified atom stereocenters. The second-order valence-corrected chi connectivity index (χ2v) is 8.44. The van der Waals surface area contributed by atoms with E-state index in [1.807, 2.05) is 0 Å². The van der Waals surface area contributed by atoms with Crippen LogP contribution in [0.5, 0.6) is 5.88 Å². The molecular formula is C10H13N3O5S2. The van der Waals surface area contributed by atoms with Crippen molar-refractivity contribution in [1.29, 1.82) is 0 Å². The van der Waals surface area contributed by atoms with E-state index in [1.54, 1.807) is 0 Å². The van der Waals surface area contributed by atoms with E-state index >= 15 is 0 Å². The van der Waals surface area contributed by atoms with Gasteiger partial charge in [-0.15, -0.1) is 0 Å². The average molecular weight is 319 g/mol. The molecule has 0 bridgehead atoms. The predicted octanol–water partition coefficient (Wildman–Crippen LogP) is -1.24. The van der Waals surface area contributed by atoms with Crippen LogP contribution in [-0.4, -0.2) is 57.6 Å². The smallest absolute Gasteiger partial charge is 0.246 e. The summed E-state index contributed by atoms with van der Waals surface area (Å²) in [5.74, 6) is 0.00264. The summed E-state index contributed by atoms with van der Waals surface area (Å²) in [6, 6.07) is 2.29. The highest BCUT2D eigenvalue weighted by Gasteiger charge is 2.44. The fourth-order valence-electron chi connectivity index (χ4n) is 2.32. The number of ether oxygens (including phenoxy) is 1. The van der Waals surface area contributed by atoms with Crippen molar-refractivity contribution in [1.82, 2.24) is 14.0 Å². The molecule has 110 valence electrons. The van der Waals surface area contributed by atoms with Gasteiger partial charge in [0.05, 0.1) is 18.8 Å². The molecule has 20 heavy (non-hydrogen) atoms. The highest BCUT2D eigenvalue weighted by atomic mass is 32.2. The monoisotopic (exact) mass is 319 g/mol. The highest BCUT2D eigenvalue weighted by molar-refractivity contribution is 7.89. The van der Waals surface area contributed by atoms with E-state index in [1.165, 1.54) is 22.6 Å². The Morgan fingerprint density at radius 2 is 2.20 bits per heavy atom. The molecule has 8 nitrogen and oxygen atoms in total. The van der Waals surface area contributed by atoms with Crippen molar-refractivity contribution < 1.29 is 21.6 Å².